The van der Waals surface area contributed by atoms with Crippen LogP contribution in [0.25, 0.3) is 0 Å². The van der Waals surface area contributed by atoms with Gasteiger partial charge in [-0.25, -0.2) is 0 Å². The molecule has 21 heavy (non-hydrogen) atoms. The van der Waals surface area contributed by atoms with E-state index in [1.807, 2.05) is 0 Å². The number of aliphatic hydroxyl groups is 1. The monoisotopic (exact) mass is 289 g/mol. The van der Waals surface area contributed by atoms with Gasteiger partial charge in [0.2, 0.25) is 0 Å². The summed E-state index contributed by atoms with van der Waals surface area (Å²) in [4.78, 5) is 2.56. The molecule has 1 unspecified atom stereocenters. The average molecular weight is 289 g/mol. The highest BCUT2D eigenvalue weighted by Gasteiger charge is 2.39. The first-order chi connectivity index (χ1) is 10.2. The molecular weight excluding hydrogens is 262 g/mol. The Balaban J connectivity index is 1.74. The molecule has 1 aliphatic carbocycles. The number of aryl methyl sites for hydroxylation is 1. The SMILES string of the molecule is Cc1ccccc1CC1(CO)CN(C2CCCC2)CCO1. The molecule has 2 aliphatic rings. The number of morpholine rings is 1. The van der Waals surface area contributed by atoms with Crippen molar-refractivity contribution in [3.8, 4) is 0 Å². The molecule has 0 spiro atoms. The zero-order valence-corrected chi connectivity index (χ0v) is 13.1. The van der Waals surface area contributed by atoms with Crippen LogP contribution in [-0.4, -0.2) is 48.0 Å². The fraction of sp³-hybridized carbons (Fsp3) is 0.667. The summed E-state index contributed by atoms with van der Waals surface area (Å²) in [5.74, 6) is 0. The van der Waals surface area contributed by atoms with Gasteiger partial charge < -0.3 is 9.84 Å². The highest BCUT2D eigenvalue weighted by Crippen LogP contribution is 2.30. The van der Waals surface area contributed by atoms with Gasteiger partial charge in [-0.3, -0.25) is 4.90 Å². The minimum Gasteiger partial charge on any atom is -0.393 e. The molecule has 0 radical (unpaired) electrons. The van der Waals surface area contributed by atoms with E-state index in [0.29, 0.717) is 6.04 Å². The van der Waals surface area contributed by atoms with Crippen molar-refractivity contribution in [3.63, 3.8) is 0 Å². The standard InChI is InChI=1S/C18H27NO2/c1-15-6-2-3-7-16(15)12-18(14-20)13-19(10-11-21-18)17-8-4-5-9-17/h2-3,6-7,17,20H,4-5,8-14H2,1H3. The summed E-state index contributed by atoms with van der Waals surface area (Å²) >= 11 is 0. The van der Waals surface area contributed by atoms with Crippen molar-refractivity contribution < 1.29 is 9.84 Å². The first kappa shape index (κ1) is 15.0. The molecule has 1 aromatic carbocycles. The number of hydrogen-bond acceptors (Lipinski definition) is 3. The van der Waals surface area contributed by atoms with Gasteiger partial charge in [0.05, 0.1) is 13.2 Å². The molecule has 2 fully saturated rings. The van der Waals surface area contributed by atoms with Gasteiger partial charge in [0, 0.05) is 25.6 Å². The number of benzene rings is 1. The summed E-state index contributed by atoms with van der Waals surface area (Å²) in [6, 6.07) is 9.14. The predicted molar refractivity (Wildman–Crippen MR) is 84.5 cm³/mol. The van der Waals surface area contributed by atoms with Gasteiger partial charge in [-0.05, 0) is 30.9 Å². The second kappa shape index (κ2) is 6.47. The average Bonchev–Trinajstić information content (AvgIpc) is 3.04. The maximum absolute atomic E-state index is 10.0. The molecule has 0 amide bonds. The van der Waals surface area contributed by atoms with Crippen LogP contribution in [0.5, 0.6) is 0 Å². The van der Waals surface area contributed by atoms with Crippen molar-refractivity contribution in [2.45, 2.75) is 50.7 Å². The Kier molecular flexibility index (Phi) is 4.63. The lowest BCUT2D eigenvalue weighted by Crippen LogP contribution is -2.57. The van der Waals surface area contributed by atoms with Crippen molar-refractivity contribution in [1.82, 2.24) is 4.90 Å². The van der Waals surface area contributed by atoms with Gasteiger partial charge in [0.1, 0.15) is 5.60 Å². The van der Waals surface area contributed by atoms with Gasteiger partial charge in [0.15, 0.2) is 0 Å². The second-order valence-corrected chi connectivity index (χ2v) is 6.70. The van der Waals surface area contributed by atoms with Crippen LogP contribution in [0.15, 0.2) is 24.3 Å². The Hall–Kier alpha value is -0.900. The van der Waals surface area contributed by atoms with E-state index in [2.05, 4.69) is 36.1 Å². The van der Waals surface area contributed by atoms with Crippen molar-refractivity contribution in [2.24, 2.45) is 0 Å². The zero-order chi connectivity index (χ0) is 14.7. The van der Waals surface area contributed by atoms with Gasteiger partial charge in [0.25, 0.3) is 0 Å². The molecule has 1 atom stereocenters. The largest absolute Gasteiger partial charge is 0.393 e. The minimum absolute atomic E-state index is 0.102. The molecule has 3 heteroatoms. The number of ether oxygens (including phenoxy) is 1. The molecule has 0 bridgehead atoms. The summed E-state index contributed by atoms with van der Waals surface area (Å²) in [7, 11) is 0. The van der Waals surface area contributed by atoms with Crippen LogP contribution in [0.1, 0.15) is 36.8 Å². The van der Waals surface area contributed by atoms with Crippen molar-refractivity contribution >= 4 is 0 Å². The fourth-order valence-corrected chi connectivity index (χ4v) is 3.87. The van der Waals surface area contributed by atoms with Gasteiger partial charge >= 0.3 is 0 Å². The van der Waals surface area contributed by atoms with E-state index in [9.17, 15) is 5.11 Å². The number of aliphatic hydroxyl groups excluding tert-OH is 1. The van der Waals surface area contributed by atoms with E-state index in [0.717, 1.165) is 26.1 Å². The van der Waals surface area contributed by atoms with E-state index in [4.69, 9.17) is 4.74 Å². The quantitative estimate of drug-likeness (QED) is 0.924. The zero-order valence-electron chi connectivity index (χ0n) is 13.1. The summed E-state index contributed by atoms with van der Waals surface area (Å²) in [6.07, 6.45) is 6.13. The molecule has 1 saturated heterocycles. The first-order valence-electron chi connectivity index (χ1n) is 8.26. The van der Waals surface area contributed by atoms with Crippen LogP contribution < -0.4 is 0 Å². The van der Waals surface area contributed by atoms with Crippen LogP contribution in [0.4, 0.5) is 0 Å². The van der Waals surface area contributed by atoms with Crippen LogP contribution in [-0.2, 0) is 11.2 Å². The lowest BCUT2D eigenvalue weighted by atomic mass is 9.90. The Morgan fingerprint density at radius 2 is 2.05 bits per heavy atom. The molecule has 1 aromatic rings. The first-order valence-corrected chi connectivity index (χ1v) is 8.26. The summed E-state index contributed by atoms with van der Waals surface area (Å²) < 4.78 is 6.07. The third-order valence-corrected chi connectivity index (χ3v) is 5.18. The Morgan fingerprint density at radius 3 is 2.76 bits per heavy atom. The van der Waals surface area contributed by atoms with Crippen LogP contribution in [0.3, 0.4) is 0 Å². The maximum atomic E-state index is 10.0. The fourth-order valence-electron chi connectivity index (χ4n) is 3.87. The van der Waals surface area contributed by atoms with Crippen molar-refractivity contribution in [3.05, 3.63) is 35.4 Å². The number of hydrogen-bond donors (Lipinski definition) is 1. The lowest BCUT2D eigenvalue weighted by Gasteiger charge is -2.44. The second-order valence-electron chi connectivity index (χ2n) is 6.70. The van der Waals surface area contributed by atoms with Gasteiger partial charge in [-0.1, -0.05) is 37.1 Å². The Bertz CT molecular complexity index is 470. The molecule has 116 valence electrons. The lowest BCUT2D eigenvalue weighted by molar-refractivity contribution is -0.139. The smallest absolute Gasteiger partial charge is 0.108 e. The molecule has 1 N–H and O–H groups in total. The van der Waals surface area contributed by atoms with Crippen molar-refractivity contribution in [2.75, 3.05) is 26.3 Å². The van der Waals surface area contributed by atoms with E-state index in [-0.39, 0.29) is 6.61 Å². The van der Waals surface area contributed by atoms with E-state index in [1.54, 1.807) is 0 Å². The number of rotatable bonds is 4. The molecular formula is C18H27NO2. The number of nitrogens with zero attached hydrogens (tertiary/aromatic N) is 1. The summed E-state index contributed by atoms with van der Waals surface area (Å²) in [5, 5.41) is 10.0. The van der Waals surface area contributed by atoms with Gasteiger partial charge in [-0.2, -0.15) is 0 Å². The third-order valence-electron chi connectivity index (χ3n) is 5.18. The molecule has 3 nitrogen and oxygen atoms in total. The third kappa shape index (κ3) is 3.31. The topological polar surface area (TPSA) is 32.7 Å². The van der Waals surface area contributed by atoms with Crippen LogP contribution in [0.2, 0.25) is 0 Å². The summed E-state index contributed by atoms with van der Waals surface area (Å²) in [6.45, 7) is 4.86. The molecule has 1 aliphatic heterocycles. The molecule has 0 aromatic heterocycles. The Morgan fingerprint density at radius 1 is 1.29 bits per heavy atom. The minimum atomic E-state index is -0.424. The highest BCUT2D eigenvalue weighted by molar-refractivity contribution is 5.27. The van der Waals surface area contributed by atoms with Gasteiger partial charge in [-0.15, -0.1) is 0 Å². The normalized spacial score (nSPS) is 28.1. The maximum Gasteiger partial charge on any atom is 0.108 e. The molecule has 3 rings (SSSR count). The highest BCUT2D eigenvalue weighted by atomic mass is 16.5. The van der Waals surface area contributed by atoms with E-state index >= 15 is 0 Å². The summed E-state index contributed by atoms with van der Waals surface area (Å²) in [5.41, 5.74) is 2.15. The van der Waals surface area contributed by atoms with Crippen molar-refractivity contribution in [1.29, 1.82) is 0 Å². The van der Waals surface area contributed by atoms with Crippen LogP contribution >= 0.6 is 0 Å². The van der Waals surface area contributed by atoms with E-state index < -0.39 is 5.60 Å². The Labute approximate surface area is 127 Å². The van der Waals surface area contributed by atoms with Crippen LogP contribution in [0, 0.1) is 6.92 Å². The molecule has 1 saturated carbocycles. The van der Waals surface area contributed by atoms with E-state index in [1.165, 1.54) is 36.8 Å². The molecule has 1 heterocycles. The predicted octanol–water partition coefficient (Wildman–Crippen LogP) is 2.54.